The van der Waals surface area contributed by atoms with Gasteiger partial charge in [0.1, 0.15) is 0 Å². The van der Waals surface area contributed by atoms with E-state index in [9.17, 15) is 0 Å². The number of hydrogen-bond acceptors (Lipinski definition) is 4. The quantitative estimate of drug-likeness (QED) is 0.529. The Morgan fingerprint density at radius 2 is 2.00 bits per heavy atom. The maximum Gasteiger partial charge on any atom is 0.170 e. The highest BCUT2D eigenvalue weighted by molar-refractivity contribution is 7.80. The number of thiocarbonyl (C=S) groups is 1. The third-order valence-corrected chi connectivity index (χ3v) is 5.46. The molecule has 2 aromatic carbocycles. The van der Waals surface area contributed by atoms with Gasteiger partial charge >= 0.3 is 0 Å². The van der Waals surface area contributed by atoms with Gasteiger partial charge in [-0.25, -0.2) is 0 Å². The minimum absolute atomic E-state index is 0.161. The molecule has 154 valence electrons. The Morgan fingerprint density at radius 3 is 2.69 bits per heavy atom. The van der Waals surface area contributed by atoms with Crippen LogP contribution in [0.1, 0.15) is 22.7 Å². The second kappa shape index (κ2) is 9.76. The molecule has 0 aliphatic carbocycles. The van der Waals surface area contributed by atoms with E-state index in [1.807, 2.05) is 18.2 Å². The molecule has 0 spiro atoms. The molecular formula is C23H29N3O2S. The minimum Gasteiger partial charge on any atom is -0.493 e. The standard InChI is InChI=1S/C23H29N3O2S/c1-5-10-26-11-9-17-13-21(27-3)22(28-4)14-19(17)20(26)15-24-23(29)25-18-8-6-7-16(2)12-18/h5-8,12-14,20H,1,9-11,15H2,2-4H3,(H2,24,25,29)/t20-/m1/s1. The predicted molar refractivity (Wildman–Crippen MR) is 123 cm³/mol. The van der Waals surface area contributed by atoms with Gasteiger partial charge in [-0.05, 0) is 66.5 Å². The maximum atomic E-state index is 5.54. The van der Waals surface area contributed by atoms with Crippen LogP contribution in [0.25, 0.3) is 0 Å². The highest BCUT2D eigenvalue weighted by Gasteiger charge is 2.28. The van der Waals surface area contributed by atoms with Gasteiger partial charge in [0.15, 0.2) is 16.6 Å². The zero-order valence-corrected chi connectivity index (χ0v) is 18.1. The number of rotatable bonds is 7. The van der Waals surface area contributed by atoms with Crippen molar-refractivity contribution in [2.75, 3.05) is 39.2 Å². The summed E-state index contributed by atoms with van der Waals surface area (Å²) in [4.78, 5) is 2.41. The fraction of sp³-hybridized carbons (Fsp3) is 0.348. The summed E-state index contributed by atoms with van der Waals surface area (Å²) in [5, 5.41) is 7.27. The Bertz CT molecular complexity index is 884. The van der Waals surface area contributed by atoms with E-state index in [1.165, 1.54) is 16.7 Å². The molecule has 0 unspecified atom stereocenters. The normalized spacial score (nSPS) is 15.9. The van der Waals surface area contributed by atoms with Gasteiger partial charge < -0.3 is 20.1 Å². The Hall–Kier alpha value is -2.57. The Balaban J connectivity index is 1.78. The molecule has 0 saturated carbocycles. The molecule has 5 nitrogen and oxygen atoms in total. The second-order valence-electron chi connectivity index (χ2n) is 7.16. The first-order valence-electron chi connectivity index (χ1n) is 9.77. The van der Waals surface area contributed by atoms with E-state index in [4.69, 9.17) is 21.7 Å². The van der Waals surface area contributed by atoms with Gasteiger partial charge in [0.2, 0.25) is 0 Å². The van der Waals surface area contributed by atoms with Crippen molar-refractivity contribution in [1.82, 2.24) is 10.2 Å². The van der Waals surface area contributed by atoms with Gasteiger partial charge in [-0.1, -0.05) is 18.2 Å². The number of nitrogens with zero attached hydrogens (tertiary/aromatic N) is 1. The topological polar surface area (TPSA) is 45.8 Å². The smallest absolute Gasteiger partial charge is 0.170 e. The molecule has 3 rings (SSSR count). The van der Waals surface area contributed by atoms with Crippen LogP contribution in [0.4, 0.5) is 5.69 Å². The number of hydrogen-bond donors (Lipinski definition) is 2. The summed E-state index contributed by atoms with van der Waals surface area (Å²) in [7, 11) is 3.34. The van der Waals surface area contributed by atoms with Crippen molar-refractivity contribution in [2.24, 2.45) is 0 Å². The third kappa shape index (κ3) is 5.08. The maximum absolute atomic E-state index is 5.54. The first-order chi connectivity index (χ1) is 14.0. The van der Waals surface area contributed by atoms with Gasteiger partial charge in [0, 0.05) is 25.3 Å². The van der Waals surface area contributed by atoms with Crippen molar-refractivity contribution >= 4 is 23.0 Å². The number of benzene rings is 2. The van der Waals surface area contributed by atoms with E-state index in [2.05, 4.69) is 53.3 Å². The summed E-state index contributed by atoms with van der Waals surface area (Å²) in [6.07, 6.45) is 2.91. The minimum atomic E-state index is 0.161. The molecule has 29 heavy (non-hydrogen) atoms. The summed E-state index contributed by atoms with van der Waals surface area (Å²) in [6.45, 7) is 8.45. The molecule has 0 aromatic heterocycles. The first kappa shape index (κ1) is 21.1. The lowest BCUT2D eigenvalue weighted by atomic mass is 9.91. The number of nitrogens with one attached hydrogen (secondary N) is 2. The summed E-state index contributed by atoms with van der Waals surface area (Å²) in [5.74, 6) is 1.52. The second-order valence-corrected chi connectivity index (χ2v) is 7.57. The lowest BCUT2D eigenvalue weighted by Crippen LogP contribution is -2.43. The molecule has 0 bridgehead atoms. The van der Waals surface area contributed by atoms with Gasteiger partial charge in [-0.2, -0.15) is 0 Å². The number of anilines is 1. The van der Waals surface area contributed by atoms with Crippen LogP contribution in [-0.2, 0) is 6.42 Å². The third-order valence-electron chi connectivity index (χ3n) is 5.21. The predicted octanol–water partition coefficient (Wildman–Crippen LogP) is 4.08. The molecule has 0 amide bonds. The van der Waals surface area contributed by atoms with Crippen molar-refractivity contribution < 1.29 is 9.47 Å². The Labute approximate surface area is 178 Å². The van der Waals surface area contributed by atoms with Crippen LogP contribution in [0.5, 0.6) is 11.5 Å². The summed E-state index contributed by atoms with van der Waals surface area (Å²) < 4.78 is 11.0. The number of aryl methyl sites for hydroxylation is 1. The summed E-state index contributed by atoms with van der Waals surface area (Å²) in [5.41, 5.74) is 4.70. The van der Waals surface area contributed by atoms with Crippen LogP contribution >= 0.6 is 12.2 Å². The Morgan fingerprint density at radius 1 is 1.24 bits per heavy atom. The lowest BCUT2D eigenvalue weighted by molar-refractivity contribution is 0.205. The molecule has 2 aromatic rings. The fourth-order valence-corrected chi connectivity index (χ4v) is 3.99. The van der Waals surface area contributed by atoms with E-state index < -0.39 is 0 Å². The number of ether oxygens (including phenoxy) is 2. The van der Waals surface area contributed by atoms with Gasteiger partial charge in [-0.3, -0.25) is 4.90 Å². The van der Waals surface area contributed by atoms with Crippen LogP contribution < -0.4 is 20.1 Å². The molecule has 1 heterocycles. The van der Waals surface area contributed by atoms with E-state index in [0.29, 0.717) is 11.7 Å². The van der Waals surface area contributed by atoms with Crippen LogP contribution in [0, 0.1) is 6.92 Å². The van der Waals surface area contributed by atoms with Crippen LogP contribution in [0.3, 0.4) is 0 Å². The molecule has 6 heteroatoms. The molecule has 0 saturated heterocycles. The van der Waals surface area contributed by atoms with E-state index in [-0.39, 0.29) is 6.04 Å². The van der Waals surface area contributed by atoms with Crippen molar-refractivity contribution in [2.45, 2.75) is 19.4 Å². The van der Waals surface area contributed by atoms with Crippen LogP contribution in [0.15, 0.2) is 49.1 Å². The van der Waals surface area contributed by atoms with E-state index in [0.717, 1.165) is 36.7 Å². The van der Waals surface area contributed by atoms with Crippen LogP contribution in [0.2, 0.25) is 0 Å². The van der Waals surface area contributed by atoms with Crippen molar-refractivity contribution in [3.05, 3.63) is 65.7 Å². The molecule has 1 atom stereocenters. The average Bonchev–Trinajstić information content (AvgIpc) is 2.72. The first-order valence-corrected chi connectivity index (χ1v) is 10.2. The van der Waals surface area contributed by atoms with Gasteiger partial charge in [-0.15, -0.1) is 6.58 Å². The summed E-state index contributed by atoms with van der Waals surface area (Å²) >= 11 is 5.53. The SMILES string of the molecule is C=CCN1CCc2cc(OC)c(OC)cc2[C@H]1CNC(=S)Nc1cccc(C)c1. The monoisotopic (exact) mass is 411 g/mol. The molecule has 0 fully saturated rings. The molecule has 1 aliphatic rings. The van der Waals surface area contributed by atoms with Crippen molar-refractivity contribution in [1.29, 1.82) is 0 Å². The highest BCUT2D eigenvalue weighted by atomic mass is 32.1. The zero-order chi connectivity index (χ0) is 20.8. The van der Waals surface area contributed by atoms with Gasteiger partial charge in [0.05, 0.1) is 20.3 Å². The number of methoxy groups -OCH3 is 2. The largest absolute Gasteiger partial charge is 0.493 e. The molecular weight excluding hydrogens is 382 g/mol. The summed E-state index contributed by atoms with van der Waals surface area (Å²) in [6, 6.07) is 12.5. The van der Waals surface area contributed by atoms with E-state index >= 15 is 0 Å². The van der Waals surface area contributed by atoms with Crippen molar-refractivity contribution in [3.63, 3.8) is 0 Å². The zero-order valence-electron chi connectivity index (χ0n) is 17.3. The Kier molecular flexibility index (Phi) is 7.12. The van der Waals surface area contributed by atoms with Gasteiger partial charge in [0.25, 0.3) is 0 Å². The lowest BCUT2D eigenvalue weighted by Gasteiger charge is -2.37. The van der Waals surface area contributed by atoms with Crippen molar-refractivity contribution in [3.8, 4) is 11.5 Å². The van der Waals surface area contributed by atoms with Crippen LogP contribution in [-0.4, -0.2) is 43.9 Å². The average molecular weight is 412 g/mol. The number of fused-ring (bicyclic) bond motifs is 1. The highest BCUT2D eigenvalue weighted by Crippen LogP contribution is 2.37. The molecule has 1 aliphatic heterocycles. The molecule has 2 N–H and O–H groups in total. The fourth-order valence-electron chi connectivity index (χ4n) is 3.79. The molecule has 0 radical (unpaired) electrons. The van der Waals surface area contributed by atoms with E-state index in [1.54, 1.807) is 14.2 Å².